The lowest BCUT2D eigenvalue weighted by atomic mass is 9.78. The molecule has 0 aliphatic carbocycles. The Balaban J connectivity index is 4.77. The third kappa shape index (κ3) is 36.2. The molecule has 0 bridgehead atoms. The molecule has 0 aliphatic rings. The highest BCUT2D eigenvalue weighted by atomic mass is 16.4. The summed E-state index contributed by atoms with van der Waals surface area (Å²) in [6.07, 6.45) is 45.5. The molecule has 2 unspecified atom stereocenters. The SMILES string of the molecule is [2H]C(CCCCCCCC)(CCCCCCCCCCCCC(=O)O)C(CCCCCCCC)CCCCCCCCCCCCC(=O)O. The van der Waals surface area contributed by atoms with Crippen LogP contribution in [0.5, 0.6) is 0 Å². The van der Waals surface area contributed by atoms with Crippen LogP contribution in [0.1, 0.15) is 259 Å². The predicted octanol–water partition coefficient (Wildman–Crippen LogP) is 15.3. The summed E-state index contributed by atoms with van der Waals surface area (Å²) in [5.74, 6) is -1.02. The Morgan fingerprint density at radius 3 is 0.875 bits per heavy atom. The molecule has 0 heterocycles. The number of carbonyl (C=O) groups is 2. The normalized spacial score (nSPS) is 13.8. The van der Waals surface area contributed by atoms with Crippen LogP contribution in [0.4, 0.5) is 0 Å². The molecule has 0 aromatic carbocycles. The van der Waals surface area contributed by atoms with Crippen LogP contribution in [0.3, 0.4) is 0 Å². The Labute approximate surface area is 302 Å². The van der Waals surface area contributed by atoms with Gasteiger partial charge in [-0.05, 0) is 24.7 Å². The van der Waals surface area contributed by atoms with Crippen molar-refractivity contribution in [1.82, 2.24) is 0 Å². The molecule has 48 heavy (non-hydrogen) atoms. The van der Waals surface area contributed by atoms with Crippen LogP contribution >= 0.6 is 0 Å². The molecule has 0 saturated heterocycles. The number of rotatable bonds is 41. The Morgan fingerprint density at radius 2 is 0.604 bits per heavy atom. The van der Waals surface area contributed by atoms with E-state index in [4.69, 9.17) is 10.2 Å². The van der Waals surface area contributed by atoms with Gasteiger partial charge < -0.3 is 10.2 Å². The maximum atomic E-state index is 10.7. The summed E-state index contributed by atoms with van der Waals surface area (Å²) in [4.78, 5) is 21.3. The monoisotopic (exact) mass is 680 g/mol. The molecule has 4 nitrogen and oxygen atoms in total. The van der Waals surface area contributed by atoms with Gasteiger partial charge in [-0.25, -0.2) is 0 Å². The molecule has 286 valence electrons. The van der Waals surface area contributed by atoms with Gasteiger partial charge in [0.2, 0.25) is 0 Å². The van der Waals surface area contributed by atoms with Gasteiger partial charge >= 0.3 is 11.9 Å². The van der Waals surface area contributed by atoms with E-state index < -0.39 is 11.9 Å². The van der Waals surface area contributed by atoms with Crippen LogP contribution in [-0.4, -0.2) is 22.2 Å². The second-order valence-electron chi connectivity index (χ2n) is 15.3. The van der Waals surface area contributed by atoms with Crippen molar-refractivity contribution in [3.05, 3.63) is 0 Å². The highest BCUT2D eigenvalue weighted by Crippen LogP contribution is 2.34. The molecule has 0 aromatic heterocycles. The Morgan fingerprint density at radius 1 is 0.375 bits per heavy atom. The lowest BCUT2D eigenvalue weighted by Crippen LogP contribution is -2.16. The Bertz CT molecular complexity index is 713. The fourth-order valence-electron chi connectivity index (χ4n) is 7.51. The first-order valence-corrected chi connectivity index (χ1v) is 21.8. The van der Waals surface area contributed by atoms with Crippen LogP contribution in [-0.2, 0) is 9.59 Å². The van der Waals surface area contributed by atoms with Gasteiger partial charge in [-0.2, -0.15) is 0 Å². The third-order valence-corrected chi connectivity index (χ3v) is 10.7. The standard InChI is InChI=1S/C44H86O4/c1-3-5-7-9-23-29-35-41(37-31-25-19-15-11-13-17-21-27-33-39-43(45)46)42(36-30-24-10-8-6-4-2)38-32-26-20-16-12-14-18-22-28-34-40-44(47)48/h41-42H,3-40H2,1-2H3,(H,45,46)(H,47,48)/i41D. The minimum Gasteiger partial charge on any atom is -0.481 e. The summed E-state index contributed by atoms with van der Waals surface area (Å²) in [7, 11) is 0. The number of aliphatic carboxylic acids is 2. The average Bonchev–Trinajstić information content (AvgIpc) is 3.07. The summed E-state index contributed by atoms with van der Waals surface area (Å²) < 4.78 is 9.99. The summed E-state index contributed by atoms with van der Waals surface area (Å²) in [5, 5.41) is 17.6. The minimum absolute atomic E-state index is 0.245. The van der Waals surface area contributed by atoms with E-state index in [2.05, 4.69) is 13.8 Å². The van der Waals surface area contributed by atoms with Crippen LogP contribution in [0, 0.1) is 11.8 Å². The molecule has 2 atom stereocenters. The van der Waals surface area contributed by atoms with Crippen molar-refractivity contribution in [2.75, 3.05) is 0 Å². The predicted molar refractivity (Wildman–Crippen MR) is 209 cm³/mol. The van der Waals surface area contributed by atoms with Gasteiger partial charge in [-0.15, -0.1) is 0 Å². The lowest BCUT2D eigenvalue weighted by Gasteiger charge is -2.28. The van der Waals surface area contributed by atoms with Crippen LogP contribution < -0.4 is 0 Å². The van der Waals surface area contributed by atoms with E-state index in [-0.39, 0.29) is 5.89 Å². The summed E-state index contributed by atoms with van der Waals surface area (Å²) in [6, 6.07) is 0. The maximum absolute atomic E-state index is 10.7. The van der Waals surface area contributed by atoms with E-state index >= 15 is 0 Å². The zero-order chi connectivity index (χ0) is 36.1. The van der Waals surface area contributed by atoms with Gasteiger partial charge in [0, 0.05) is 14.2 Å². The van der Waals surface area contributed by atoms with Gasteiger partial charge in [-0.3, -0.25) is 9.59 Å². The Hall–Kier alpha value is -1.06. The molecular weight excluding hydrogens is 592 g/mol. The number of carboxylic acid groups (broad SMARTS) is 2. The maximum Gasteiger partial charge on any atom is 0.303 e. The number of hydrogen-bond donors (Lipinski definition) is 2. The smallest absolute Gasteiger partial charge is 0.303 e. The number of hydrogen-bond acceptors (Lipinski definition) is 2. The number of unbranched alkanes of at least 4 members (excludes halogenated alkanes) is 28. The largest absolute Gasteiger partial charge is 0.481 e. The van der Waals surface area contributed by atoms with Crippen molar-refractivity contribution in [1.29, 1.82) is 0 Å². The molecule has 0 radical (unpaired) electrons. The van der Waals surface area contributed by atoms with Crippen molar-refractivity contribution in [3.63, 3.8) is 0 Å². The van der Waals surface area contributed by atoms with Gasteiger partial charge in [0.05, 0.1) is 0 Å². The molecular formula is C44H86O4. The van der Waals surface area contributed by atoms with Gasteiger partial charge in [0.25, 0.3) is 0 Å². The highest BCUT2D eigenvalue weighted by molar-refractivity contribution is 5.66. The van der Waals surface area contributed by atoms with E-state index in [1.807, 2.05) is 0 Å². The molecule has 0 saturated carbocycles. The van der Waals surface area contributed by atoms with E-state index in [0.29, 0.717) is 18.8 Å². The second-order valence-corrected chi connectivity index (χ2v) is 15.3. The summed E-state index contributed by atoms with van der Waals surface area (Å²) in [6.45, 7) is 4.59. The van der Waals surface area contributed by atoms with Crippen molar-refractivity contribution in [3.8, 4) is 0 Å². The highest BCUT2D eigenvalue weighted by Gasteiger charge is 2.20. The van der Waals surface area contributed by atoms with Gasteiger partial charge in [0.1, 0.15) is 0 Å². The second kappa shape index (κ2) is 38.7. The topological polar surface area (TPSA) is 74.6 Å². The van der Waals surface area contributed by atoms with Crippen molar-refractivity contribution in [2.24, 2.45) is 11.8 Å². The van der Waals surface area contributed by atoms with E-state index in [0.717, 1.165) is 38.5 Å². The molecule has 0 fully saturated rings. The average molecular weight is 680 g/mol. The zero-order valence-electron chi connectivity index (χ0n) is 33.7. The van der Waals surface area contributed by atoms with Crippen molar-refractivity contribution < 1.29 is 21.2 Å². The quantitative estimate of drug-likeness (QED) is 0.0631. The summed E-state index contributed by atoms with van der Waals surface area (Å²) in [5.41, 5.74) is 0. The summed E-state index contributed by atoms with van der Waals surface area (Å²) >= 11 is 0. The first-order chi connectivity index (χ1) is 23.9. The van der Waals surface area contributed by atoms with Crippen molar-refractivity contribution >= 4 is 11.9 Å². The molecule has 4 heteroatoms. The first-order valence-electron chi connectivity index (χ1n) is 22.3. The van der Waals surface area contributed by atoms with E-state index in [1.54, 1.807) is 0 Å². The third-order valence-electron chi connectivity index (χ3n) is 10.7. The molecule has 0 spiro atoms. The van der Waals surface area contributed by atoms with Gasteiger partial charge in [0.15, 0.2) is 0 Å². The van der Waals surface area contributed by atoms with E-state index in [1.165, 1.54) is 193 Å². The molecule has 2 N–H and O–H groups in total. The molecule has 0 aliphatic heterocycles. The molecule has 0 aromatic rings. The molecule has 0 rings (SSSR count). The fraction of sp³-hybridized carbons (Fsp3) is 0.955. The Kier molecular flexibility index (Phi) is 36.3. The van der Waals surface area contributed by atoms with Crippen LogP contribution in [0.25, 0.3) is 0 Å². The van der Waals surface area contributed by atoms with E-state index in [9.17, 15) is 11.0 Å². The lowest BCUT2D eigenvalue weighted by molar-refractivity contribution is -0.138. The van der Waals surface area contributed by atoms with Crippen LogP contribution in [0.15, 0.2) is 0 Å². The molecule has 0 amide bonds. The first kappa shape index (κ1) is 45.0. The van der Waals surface area contributed by atoms with Crippen LogP contribution in [0.2, 0.25) is 0 Å². The van der Waals surface area contributed by atoms with Crippen molar-refractivity contribution in [2.45, 2.75) is 258 Å². The number of carboxylic acids is 2. The van der Waals surface area contributed by atoms with Gasteiger partial charge in [-0.1, -0.05) is 232 Å². The fourth-order valence-corrected chi connectivity index (χ4v) is 7.51. The minimum atomic E-state index is -0.667. The zero-order valence-corrected chi connectivity index (χ0v) is 32.7.